The molecule has 1 heterocycles. The minimum atomic E-state index is 0.271. The molecule has 0 radical (unpaired) electrons. The van der Waals surface area contributed by atoms with Crippen LogP contribution < -0.4 is 0 Å². The van der Waals surface area contributed by atoms with Gasteiger partial charge in [0, 0.05) is 30.7 Å². The summed E-state index contributed by atoms with van der Waals surface area (Å²) in [4.78, 5) is 17.0. The number of aromatic nitrogens is 1. The van der Waals surface area contributed by atoms with Gasteiger partial charge in [0.25, 0.3) is 0 Å². The summed E-state index contributed by atoms with van der Waals surface area (Å²) in [6, 6.07) is 4.16. The van der Waals surface area contributed by atoms with Gasteiger partial charge in [-0.3, -0.25) is 9.78 Å². The van der Waals surface area contributed by atoms with Crippen LogP contribution in [0.4, 0.5) is 0 Å². The minimum Gasteiger partial charge on any atom is -0.299 e. The number of pyridine rings is 1. The van der Waals surface area contributed by atoms with E-state index in [9.17, 15) is 4.79 Å². The van der Waals surface area contributed by atoms with Gasteiger partial charge in [-0.05, 0) is 48.8 Å². The van der Waals surface area contributed by atoms with Crippen molar-refractivity contribution in [2.45, 2.75) is 64.2 Å². The van der Waals surface area contributed by atoms with Gasteiger partial charge in [0.2, 0.25) is 0 Å². The maximum absolute atomic E-state index is 12.7. The Balaban J connectivity index is 1.31. The molecule has 2 atom stereocenters. The van der Waals surface area contributed by atoms with Crippen LogP contribution in [-0.2, 0) is 4.79 Å². The van der Waals surface area contributed by atoms with Crippen LogP contribution in [0, 0.1) is 17.8 Å². The Labute approximate surface area is 151 Å². The number of rotatable bonds is 5. The quantitative estimate of drug-likeness (QED) is 0.685. The zero-order valence-corrected chi connectivity index (χ0v) is 15.1. The van der Waals surface area contributed by atoms with Gasteiger partial charge in [0.1, 0.15) is 5.78 Å². The third kappa shape index (κ3) is 3.78. The molecule has 0 saturated heterocycles. The molecule has 0 spiro atoms. The fraction of sp³-hybridized carbons (Fsp3) is 0.565. The second kappa shape index (κ2) is 7.68. The number of allylic oxidation sites excluding steroid dienone is 4. The lowest BCUT2D eigenvalue weighted by atomic mass is 9.73. The van der Waals surface area contributed by atoms with E-state index < -0.39 is 0 Å². The Morgan fingerprint density at radius 2 is 1.96 bits per heavy atom. The molecule has 2 saturated carbocycles. The molecule has 0 aliphatic heterocycles. The molecule has 2 heteroatoms. The number of hydrogen-bond donors (Lipinski definition) is 0. The molecule has 2 fully saturated rings. The lowest BCUT2D eigenvalue weighted by Gasteiger charge is -2.30. The maximum atomic E-state index is 12.7. The third-order valence-corrected chi connectivity index (χ3v) is 6.56. The second-order valence-electron chi connectivity index (χ2n) is 8.15. The molecule has 0 aromatic carbocycles. The molecule has 2 unspecified atom stereocenters. The van der Waals surface area contributed by atoms with E-state index in [0.717, 1.165) is 38.0 Å². The summed E-state index contributed by atoms with van der Waals surface area (Å²) < 4.78 is 0. The lowest BCUT2D eigenvalue weighted by molar-refractivity contribution is -0.123. The summed E-state index contributed by atoms with van der Waals surface area (Å²) in [5, 5.41) is 0. The SMILES string of the molecule is O=C(CCC1CCCCC1)C1CCC2C(=CC=C2c2cccnc2)C1. The highest BCUT2D eigenvalue weighted by Crippen LogP contribution is 2.45. The molecule has 1 aromatic rings. The number of Topliss-reactive ketones (excluding diaryl/α,β-unsaturated/α-hetero) is 1. The van der Waals surface area contributed by atoms with E-state index in [-0.39, 0.29) is 5.92 Å². The van der Waals surface area contributed by atoms with Crippen molar-refractivity contribution in [1.29, 1.82) is 0 Å². The zero-order chi connectivity index (χ0) is 17.1. The van der Waals surface area contributed by atoms with E-state index in [1.165, 1.54) is 48.8 Å². The highest BCUT2D eigenvalue weighted by molar-refractivity contribution is 5.82. The van der Waals surface area contributed by atoms with Gasteiger partial charge in [-0.25, -0.2) is 0 Å². The molecule has 3 aliphatic rings. The molecule has 4 rings (SSSR count). The smallest absolute Gasteiger partial charge is 0.136 e. The summed E-state index contributed by atoms with van der Waals surface area (Å²) >= 11 is 0. The molecule has 0 amide bonds. The topological polar surface area (TPSA) is 30.0 Å². The van der Waals surface area contributed by atoms with Crippen molar-refractivity contribution in [2.24, 2.45) is 17.8 Å². The van der Waals surface area contributed by atoms with Gasteiger partial charge in [0.05, 0.1) is 0 Å². The number of nitrogens with zero attached hydrogens (tertiary/aromatic N) is 1. The lowest BCUT2D eigenvalue weighted by Crippen LogP contribution is -2.24. The van der Waals surface area contributed by atoms with Gasteiger partial charge < -0.3 is 0 Å². The highest BCUT2D eigenvalue weighted by atomic mass is 16.1. The summed E-state index contributed by atoms with van der Waals surface area (Å²) in [6.07, 6.45) is 20.3. The fourth-order valence-electron chi connectivity index (χ4n) is 5.07. The van der Waals surface area contributed by atoms with Crippen molar-refractivity contribution in [1.82, 2.24) is 4.98 Å². The Bertz CT molecular complexity index is 667. The maximum Gasteiger partial charge on any atom is 0.136 e. The van der Waals surface area contributed by atoms with Crippen LogP contribution in [-0.4, -0.2) is 10.8 Å². The van der Waals surface area contributed by atoms with Crippen LogP contribution in [0.5, 0.6) is 0 Å². The standard InChI is InChI=1S/C23H29NO/c25-23(13-8-17-5-2-1-3-6-17)19-10-12-21-18(15-19)9-11-22(21)20-7-4-14-24-16-20/h4,7,9,11,14,16-17,19,21H,1-3,5-6,8,10,12-13,15H2. The van der Waals surface area contributed by atoms with E-state index in [1.54, 1.807) is 0 Å². The van der Waals surface area contributed by atoms with Crippen LogP contribution in [0.2, 0.25) is 0 Å². The van der Waals surface area contributed by atoms with Gasteiger partial charge in [0.15, 0.2) is 0 Å². The first-order valence-corrected chi connectivity index (χ1v) is 10.1. The van der Waals surface area contributed by atoms with Crippen LogP contribution in [0.25, 0.3) is 5.57 Å². The predicted molar refractivity (Wildman–Crippen MR) is 102 cm³/mol. The molecule has 1 aromatic heterocycles. The van der Waals surface area contributed by atoms with Crippen molar-refractivity contribution in [3.63, 3.8) is 0 Å². The summed E-state index contributed by atoms with van der Waals surface area (Å²) in [7, 11) is 0. The fourth-order valence-corrected chi connectivity index (χ4v) is 5.07. The molecule has 25 heavy (non-hydrogen) atoms. The van der Waals surface area contributed by atoms with Crippen LogP contribution in [0.3, 0.4) is 0 Å². The predicted octanol–water partition coefficient (Wildman–Crippen LogP) is 5.75. The molecule has 2 nitrogen and oxygen atoms in total. The number of hydrogen-bond acceptors (Lipinski definition) is 2. The average molecular weight is 335 g/mol. The summed E-state index contributed by atoms with van der Waals surface area (Å²) in [5.74, 6) is 2.14. The normalized spacial score (nSPS) is 26.7. The van der Waals surface area contributed by atoms with Gasteiger partial charge >= 0.3 is 0 Å². The number of carbonyl (C=O) groups is 1. The van der Waals surface area contributed by atoms with E-state index in [1.807, 2.05) is 18.5 Å². The first-order chi connectivity index (χ1) is 12.3. The zero-order valence-electron chi connectivity index (χ0n) is 15.1. The van der Waals surface area contributed by atoms with Crippen LogP contribution in [0.1, 0.15) is 69.8 Å². The summed E-state index contributed by atoms with van der Waals surface area (Å²) in [5.41, 5.74) is 4.11. The van der Waals surface area contributed by atoms with Crippen molar-refractivity contribution in [3.8, 4) is 0 Å². The average Bonchev–Trinajstić information content (AvgIpc) is 3.11. The van der Waals surface area contributed by atoms with E-state index >= 15 is 0 Å². The van der Waals surface area contributed by atoms with Crippen molar-refractivity contribution < 1.29 is 4.79 Å². The van der Waals surface area contributed by atoms with Gasteiger partial charge in [-0.1, -0.05) is 55.9 Å². The highest BCUT2D eigenvalue weighted by Gasteiger charge is 2.33. The molecule has 0 N–H and O–H groups in total. The molecule has 3 aliphatic carbocycles. The number of fused-ring (bicyclic) bond motifs is 1. The Kier molecular flexibility index (Phi) is 5.14. The minimum absolute atomic E-state index is 0.271. The van der Waals surface area contributed by atoms with Crippen molar-refractivity contribution in [2.75, 3.05) is 0 Å². The third-order valence-electron chi connectivity index (χ3n) is 6.56. The monoisotopic (exact) mass is 335 g/mol. The number of carbonyl (C=O) groups excluding carboxylic acids is 1. The van der Waals surface area contributed by atoms with E-state index in [4.69, 9.17) is 0 Å². The Morgan fingerprint density at radius 1 is 1.08 bits per heavy atom. The second-order valence-corrected chi connectivity index (χ2v) is 8.15. The first-order valence-electron chi connectivity index (χ1n) is 10.1. The van der Waals surface area contributed by atoms with Crippen molar-refractivity contribution in [3.05, 3.63) is 47.8 Å². The molecular formula is C23H29NO. The largest absolute Gasteiger partial charge is 0.299 e. The van der Waals surface area contributed by atoms with E-state index in [0.29, 0.717) is 11.7 Å². The Morgan fingerprint density at radius 3 is 2.76 bits per heavy atom. The van der Waals surface area contributed by atoms with Gasteiger partial charge in [-0.15, -0.1) is 0 Å². The molecule has 132 valence electrons. The number of ketones is 1. The van der Waals surface area contributed by atoms with Gasteiger partial charge in [-0.2, -0.15) is 0 Å². The Hall–Kier alpha value is -1.70. The van der Waals surface area contributed by atoms with E-state index in [2.05, 4.69) is 23.2 Å². The molecular weight excluding hydrogens is 306 g/mol. The summed E-state index contributed by atoms with van der Waals surface area (Å²) in [6.45, 7) is 0. The van der Waals surface area contributed by atoms with Crippen molar-refractivity contribution >= 4 is 11.4 Å². The molecule has 0 bridgehead atoms. The first kappa shape index (κ1) is 16.8. The van der Waals surface area contributed by atoms with Crippen LogP contribution >= 0.6 is 0 Å². The van der Waals surface area contributed by atoms with Crippen LogP contribution in [0.15, 0.2) is 42.3 Å².